The van der Waals surface area contributed by atoms with E-state index in [1.807, 2.05) is 11.8 Å². The zero-order valence-electron chi connectivity index (χ0n) is 19.9. The first-order valence-corrected chi connectivity index (χ1v) is 13.2. The molecule has 2 rings (SSSR count). The van der Waals surface area contributed by atoms with Crippen molar-refractivity contribution in [1.29, 1.82) is 0 Å². The van der Waals surface area contributed by atoms with E-state index >= 15 is 0 Å². The van der Waals surface area contributed by atoms with Crippen LogP contribution in [-0.2, 0) is 23.7 Å². The number of urea groups is 1. The van der Waals surface area contributed by atoms with Crippen molar-refractivity contribution in [2.45, 2.75) is 55.5 Å². The van der Waals surface area contributed by atoms with Crippen LogP contribution in [0.1, 0.15) is 32.1 Å². The number of hydrogen-bond acceptors (Lipinski definition) is 9. The number of thioether (sulfide) groups is 1. The number of rotatable bonds is 21. The first-order chi connectivity index (χ1) is 16.6. The predicted molar refractivity (Wildman–Crippen MR) is 128 cm³/mol. The Labute approximate surface area is 206 Å². The van der Waals surface area contributed by atoms with Crippen LogP contribution in [0.5, 0.6) is 0 Å². The monoisotopic (exact) mass is 507 g/mol. The largest absolute Gasteiger partial charge is 0.394 e. The second kappa shape index (κ2) is 18.2. The highest BCUT2D eigenvalue weighted by Crippen LogP contribution is 2.33. The Bertz CT molecular complexity index is 574. The highest BCUT2D eigenvalue weighted by Gasteiger charge is 2.42. The lowest BCUT2D eigenvalue weighted by molar-refractivity contribution is -0.121. The fourth-order valence-electron chi connectivity index (χ4n) is 3.70. The molecule has 0 aromatic rings. The number of amides is 3. The van der Waals surface area contributed by atoms with Crippen LogP contribution in [0, 0.1) is 0 Å². The van der Waals surface area contributed by atoms with Crippen LogP contribution >= 0.6 is 11.8 Å². The van der Waals surface area contributed by atoms with Gasteiger partial charge in [0, 0.05) is 30.6 Å². The molecule has 2 aliphatic rings. The lowest BCUT2D eigenvalue weighted by atomic mass is 10.0. The molecule has 3 amide bonds. The molecule has 0 radical (unpaired) electrons. The Morgan fingerprint density at radius 1 is 1.00 bits per heavy atom. The maximum absolute atomic E-state index is 11.9. The van der Waals surface area contributed by atoms with Crippen molar-refractivity contribution < 1.29 is 38.7 Å². The summed E-state index contributed by atoms with van der Waals surface area (Å²) in [7, 11) is 0. The van der Waals surface area contributed by atoms with Crippen LogP contribution in [0.2, 0.25) is 0 Å². The van der Waals surface area contributed by atoms with Crippen LogP contribution < -0.4 is 16.0 Å². The van der Waals surface area contributed by atoms with Crippen LogP contribution in [0.4, 0.5) is 4.79 Å². The van der Waals surface area contributed by atoms with Crippen LogP contribution in [0.15, 0.2) is 0 Å². The lowest BCUT2D eigenvalue weighted by Crippen LogP contribution is -2.36. The van der Waals surface area contributed by atoms with Gasteiger partial charge >= 0.3 is 6.03 Å². The maximum Gasteiger partial charge on any atom is 0.315 e. The molecule has 12 heteroatoms. The molecule has 0 spiro atoms. The van der Waals surface area contributed by atoms with Crippen molar-refractivity contribution >= 4 is 23.7 Å². The van der Waals surface area contributed by atoms with E-state index < -0.39 is 6.10 Å². The molecule has 0 aliphatic carbocycles. The molecule has 2 saturated heterocycles. The van der Waals surface area contributed by atoms with Crippen molar-refractivity contribution in [1.82, 2.24) is 16.0 Å². The van der Waals surface area contributed by atoms with Crippen LogP contribution in [0.3, 0.4) is 0 Å². The van der Waals surface area contributed by atoms with Crippen LogP contribution in [0.25, 0.3) is 0 Å². The van der Waals surface area contributed by atoms with Crippen molar-refractivity contribution in [2.24, 2.45) is 0 Å². The zero-order valence-corrected chi connectivity index (χ0v) is 20.7. The van der Waals surface area contributed by atoms with E-state index in [4.69, 9.17) is 29.2 Å². The second-order valence-electron chi connectivity index (χ2n) is 8.32. The van der Waals surface area contributed by atoms with Crippen LogP contribution in [-0.4, -0.2) is 117 Å². The van der Waals surface area contributed by atoms with Gasteiger partial charge in [0.05, 0.1) is 64.9 Å². The third kappa shape index (κ3) is 12.5. The minimum absolute atomic E-state index is 0.0575. The zero-order chi connectivity index (χ0) is 24.4. The molecule has 5 N–H and O–H groups in total. The Kier molecular flexibility index (Phi) is 15.5. The summed E-state index contributed by atoms with van der Waals surface area (Å²) in [5.41, 5.74) is 0. The van der Waals surface area contributed by atoms with Crippen molar-refractivity contribution in [2.75, 3.05) is 71.8 Å². The average molecular weight is 508 g/mol. The molecular weight excluding hydrogens is 466 g/mol. The maximum atomic E-state index is 11.9. The van der Waals surface area contributed by atoms with Crippen molar-refractivity contribution in [3.05, 3.63) is 0 Å². The fraction of sp³-hybridized carbons (Fsp3) is 0.909. The van der Waals surface area contributed by atoms with E-state index in [0.29, 0.717) is 64.5 Å². The number of carbonyl (C=O) groups is 2. The summed E-state index contributed by atoms with van der Waals surface area (Å²) in [6.45, 7) is 3.61. The fourth-order valence-corrected chi connectivity index (χ4v) is 5.24. The van der Waals surface area contributed by atoms with Gasteiger partial charge in [-0.1, -0.05) is 6.42 Å². The Morgan fingerprint density at radius 2 is 1.68 bits per heavy atom. The molecule has 2 fully saturated rings. The molecule has 0 bridgehead atoms. The van der Waals surface area contributed by atoms with Gasteiger partial charge in [0.1, 0.15) is 6.10 Å². The molecule has 11 nitrogen and oxygen atoms in total. The van der Waals surface area contributed by atoms with Gasteiger partial charge in [-0.15, -0.1) is 0 Å². The number of unbranched alkanes of at least 4 members (excludes halogenated alkanes) is 1. The standard InChI is InChI=1S/C22H41N3O8S/c26-14-17(27)15-33-13-12-32-11-10-31-9-8-30-7-3-6-23-20(28)5-2-1-4-19-21-18(16-34-19)24-22(29)25-21/h17-19,21,26-27H,1-16H2,(H,23,28)(H2,24,25,29)/t17?,18-,19-,21-/m0/s1. The summed E-state index contributed by atoms with van der Waals surface area (Å²) in [5.74, 6) is 1.04. The summed E-state index contributed by atoms with van der Waals surface area (Å²) >= 11 is 1.90. The molecule has 34 heavy (non-hydrogen) atoms. The topological polar surface area (TPSA) is 148 Å². The SMILES string of the molecule is O=C(CCCC[C@@H]1SC[C@@H]2NC(=O)N[C@@H]21)NCCCOCCOCCOCCOCC(O)CO. The Balaban J connectivity index is 1.27. The van der Waals surface area contributed by atoms with Gasteiger partial charge in [-0.3, -0.25) is 4.79 Å². The molecule has 0 saturated carbocycles. The van der Waals surface area contributed by atoms with Gasteiger partial charge in [0.25, 0.3) is 0 Å². The third-order valence-electron chi connectivity index (χ3n) is 5.51. The van der Waals surface area contributed by atoms with E-state index in [1.54, 1.807) is 0 Å². The molecule has 1 unspecified atom stereocenters. The summed E-state index contributed by atoms with van der Waals surface area (Å²) in [6, 6.07) is 0.429. The van der Waals surface area contributed by atoms with Gasteiger partial charge in [-0.25, -0.2) is 4.79 Å². The van der Waals surface area contributed by atoms with Crippen molar-refractivity contribution in [3.63, 3.8) is 0 Å². The summed E-state index contributed by atoms with van der Waals surface area (Å²) in [5, 5.41) is 27.0. The normalized spacial score (nSPS) is 22.3. The number of nitrogens with one attached hydrogen (secondary N) is 3. The molecule has 0 aromatic carbocycles. The number of carbonyl (C=O) groups excluding carboxylic acids is 2. The van der Waals surface area contributed by atoms with Gasteiger partial charge < -0.3 is 45.1 Å². The van der Waals surface area contributed by atoms with E-state index in [2.05, 4.69) is 16.0 Å². The number of hydrogen-bond donors (Lipinski definition) is 5. The highest BCUT2D eigenvalue weighted by molar-refractivity contribution is 8.00. The summed E-state index contributed by atoms with van der Waals surface area (Å²) in [4.78, 5) is 23.3. The minimum Gasteiger partial charge on any atom is -0.394 e. The van der Waals surface area contributed by atoms with Gasteiger partial charge in [-0.05, 0) is 19.3 Å². The first-order valence-electron chi connectivity index (χ1n) is 12.2. The molecule has 2 aliphatic heterocycles. The van der Waals surface area contributed by atoms with E-state index in [1.165, 1.54) is 0 Å². The van der Waals surface area contributed by atoms with Gasteiger partial charge in [0.2, 0.25) is 5.91 Å². The third-order valence-corrected chi connectivity index (χ3v) is 7.01. The van der Waals surface area contributed by atoms with Crippen molar-refractivity contribution in [3.8, 4) is 0 Å². The molecule has 2 heterocycles. The number of aliphatic hydroxyl groups is 2. The van der Waals surface area contributed by atoms with E-state index in [-0.39, 0.29) is 37.2 Å². The smallest absolute Gasteiger partial charge is 0.315 e. The van der Waals surface area contributed by atoms with Gasteiger partial charge in [-0.2, -0.15) is 11.8 Å². The first kappa shape index (κ1) is 29.1. The average Bonchev–Trinajstić information content (AvgIpc) is 3.38. The highest BCUT2D eigenvalue weighted by atomic mass is 32.2. The Morgan fingerprint density at radius 3 is 2.38 bits per heavy atom. The van der Waals surface area contributed by atoms with E-state index in [9.17, 15) is 9.59 Å². The summed E-state index contributed by atoms with van der Waals surface area (Å²) < 4.78 is 21.3. The quantitative estimate of drug-likeness (QED) is 0.104. The lowest BCUT2D eigenvalue weighted by Gasteiger charge is -2.16. The molecule has 4 atom stereocenters. The molecule has 198 valence electrons. The molecule has 0 aromatic heterocycles. The summed E-state index contributed by atoms with van der Waals surface area (Å²) in [6.07, 6.45) is 3.31. The number of ether oxygens (including phenoxy) is 4. The minimum atomic E-state index is -0.846. The second-order valence-corrected chi connectivity index (χ2v) is 9.59. The predicted octanol–water partition coefficient (Wildman–Crippen LogP) is -0.362. The van der Waals surface area contributed by atoms with E-state index in [0.717, 1.165) is 31.4 Å². The van der Waals surface area contributed by atoms with Gasteiger partial charge in [0.15, 0.2) is 0 Å². The number of fused-ring (bicyclic) bond motifs is 1. The number of aliphatic hydroxyl groups excluding tert-OH is 2. The molecular formula is C22H41N3O8S. The Hall–Kier alpha value is -1.15.